The van der Waals surface area contributed by atoms with Gasteiger partial charge in [-0.1, -0.05) is 12.1 Å². The summed E-state index contributed by atoms with van der Waals surface area (Å²) >= 11 is 0. The normalized spacial score (nSPS) is 18.1. The molecule has 1 heterocycles. The van der Waals surface area contributed by atoms with Crippen LogP contribution in [0.5, 0.6) is 0 Å². The lowest BCUT2D eigenvalue weighted by Crippen LogP contribution is -2.56. The summed E-state index contributed by atoms with van der Waals surface area (Å²) in [7, 11) is 0. The molecule has 1 aromatic carbocycles. The first-order valence-electron chi connectivity index (χ1n) is 7.20. The molecule has 0 spiro atoms. The van der Waals surface area contributed by atoms with Crippen LogP contribution in [0.4, 0.5) is 5.69 Å². The number of nitrogens with zero attached hydrogens (tertiary/aromatic N) is 1. The minimum Gasteiger partial charge on any atom is -0.350 e. The predicted molar refractivity (Wildman–Crippen MR) is 83.6 cm³/mol. The van der Waals surface area contributed by atoms with Crippen LogP contribution in [0, 0.1) is 0 Å². The molecule has 0 aliphatic carbocycles. The average Bonchev–Trinajstić information content (AvgIpc) is 2.54. The van der Waals surface area contributed by atoms with Gasteiger partial charge in [-0.3, -0.25) is 19.3 Å². The van der Waals surface area contributed by atoms with Gasteiger partial charge in [0.15, 0.2) is 0 Å². The van der Waals surface area contributed by atoms with Crippen molar-refractivity contribution in [1.82, 2.24) is 10.6 Å². The number of nitrogens with one attached hydrogen (secondary N) is 2. The Bertz CT molecular complexity index is 619. The third-order valence-electron chi connectivity index (χ3n) is 3.32. The third kappa shape index (κ3) is 3.27. The summed E-state index contributed by atoms with van der Waals surface area (Å²) in [6.45, 7) is 7.07. The molecular formula is C16H21N3O3. The van der Waals surface area contributed by atoms with Crippen LogP contribution in [0.2, 0.25) is 0 Å². The van der Waals surface area contributed by atoms with Crippen LogP contribution in [0.3, 0.4) is 0 Å². The van der Waals surface area contributed by atoms with Gasteiger partial charge in [0.1, 0.15) is 6.04 Å². The molecule has 0 saturated carbocycles. The van der Waals surface area contributed by atoms with E-state index in [0.717, 1.165) is 0 Å². The van der Waals surface area contributed by atoms with Gasteiger partial charge in [-0.25, -0.2) is 0 Å². The standard InChI is InChI=1S/C16H21N3O3/c1-10(20)19-12-8-6-5-7-11(12)14(21)17-9-13(19)15(22)18-16(2,3)4/h5-8,13H,9H2,1-4H3,(H,17,21)(H,18,22). The fourth-order valence-electron chi connectivity index (χ4n) is 2.47. The lowest BCUT2D eigenvalue weighted by Gasteiger charge is -2.31. The topological polar surface area (TPSA) is 78.5 Å². The van der Waals surface area contributed by atoms with E-state index in [0.29, 0.717) is 11.3 Å². The number of benzene rings is 1. The second kappa shape index (κ2) is 5.79. The van der Waals surface area contributed by atoms with E-state index in [1.807, 2.05) is 20.8 Å². The molecule has 1 aliphatic heterocycles. The summed E-state index contributed by atoms with van der Waals surface area (Å²) in [6, 6.07) is 6.02. The van der Waals surface area contributed by atoms with Crippen LogP contribution in [0.25, 0.3) is 0 Å². The van der Waals surface area contributed by atoms with Gasteiger partial charge in [-0.15, -0.1) is 0 Å². The minimum atomic E-state index is -0.774. The van der Waals surface area contributed by atoms with E-state index in [4.69, 9.17) is 0 Å². The van der Waals surface area contributed by atoms with Crippen LogP contribution in [0.15, 0.2) is 24.3 Å². The maximum Gasteiger partial charge on any atom is 0.253 e. The van der Waals surface area contributed by atoms with Crippen molar-refractivity contribution >= 4 is 23.4 Å². The van der Waals surface area contributed by atoms with Gasteiger partial charge in [0.2, 0.25) is 11.8 Å². The number of rotatable bonds is 1. The van der Waals surface area contributed by atoms with Crippen molar-refractivity contribution in [3.63, 3.8) is 0 Å². The zero-order valence-electron chi connectivity index (χ0n) is 13.3. The highest BCUT2D eigenvalue weighted by molar-refractivity contribution is 6.08. The van der Waals surface area contributed by atoms with Gasteiger partial charge in [-0.2, -0.15) is 0 Å². The van der Waals surface area contributed by atoms with Crippen molar-refractivity contribution in [3.8, 4) is 0 Å². The highest BCUT2D eigenvalue weighted by atomic mass is 16.2. The van der Waals surface area contributed by atoms with Crippen LogP contribution in [0.1, 0.15) is 38.1 Å². The first-order valence-corrected chi connectivity index (χ1v) is 7.20. The molecule has 1 aromatic rings. The number of fused-ring (bicyclic) bond motifs is 1. The molecular weight excluding hydrogens is 282 g/mol. The molecule has 0 fully saturated rings. The molecule has 22 heavy (non-hydrogen) atoms. The molecule has 1 aliphatic rings. The quantitative estimate of drug-likeness (QED) is 0.814. The van der Waals surface area contributed by atoms with Gasteiger partial charge in [-0.05, 0) is 32.9 Å². The number of para-hydroxylation sites is 1. The fourth-order valence-corrected chi connectivity index (χ4v) is 2.47. The third-order valence-corrected chi connectivity index (χ3v) is 3.32. The summed E-state index contributed by atoms with van der Waals surface area (Å²) in [5, 5.41) is 5.57. The Kier molecular flexibility index (Phi) is 4.21. The zero-order valence-corrected chi connectivity index (χ0v) is 13.3. The summed E-state index contributed by atoms with van der Waals surface area (Å²) in [5.74, 6) is -0.856. The number of hydrogen-bond acceptors (Lipinski definition) is 3. The second-order valence-corrected chi connectivity index (χ2v) is 6.37. The maximum absolute atomic E-state index is 12.5. The van der Waals surface area contributed by atoms with Crippen molar-refractivity contribution in [3.05, 3.63) is 29.8 Å². The first kappa shape index (κ1) is 16.0. The lowest BCUT2D eigenvalue weighted by molar-refractivity contribution is -0.126. The van der Waals surface area contributed by atoms with Crippen LogP contribution >= 0.6 is 0 Å². The Morgan fingerprint density at radius 3 is 2.50 bits per heavy atom. The number of hydrogen-bond donors (Lipinski definition) is 2. The summed E-state index contributed by atoms with van der Waals surface area (Å²) in [6.07, 6.45) is 0. The van der Waals surface area contributed by atoms with Gasteiger partial charge in [0, 0.05) is 19.0 Å². The van der Waals surface area contributed by atoms with Crippen LogP contribution in [-0.2, 0) is 9.59 Å². The fraction of sp³-hybridized carbons (Fsp3) is 0.438. The van der Waals surface area contributed by atoms with E-state index >= 15 is 0 Å². The molecule has 0 saturated heterocycles. The Morgan fingerprint density at radius 1 is 1.27 bits per heavy atom. The number of anilines is 1. The summed E-state index contributed by atoms with van der Waals surface area (Å²) in [4.78, 5) is 38.2. The molecule has 118 valence electrons. The van der Waals surface area contributed by atoms with E-state index in [-0.39, 0.29) is 24.3 Å². The van der Waals surface area contributed by atoms with E-state index in [1.54, 1.807) is 24.3 Å². The van der Waals surface area contributed by atoms with E-state index < -0.39 is 11.6 Å². The van der Waals surface area contributed by atoms with Gasteiger partial charge >= 0.3 is 0 Å². The van der Waals surface area contributed by atoms with Crippen molar-refractivity contribution in [2.75, 3.05) is 11.4 Å². The molecule has 2 N–H and O–H groups in total. The highest BCUT2D eigenvalue weighted by Gasteiger charge is 2.35. The molecule has 1 atom stereocenters. The van der Waals surface area contributed by atoms with Crippen molar-refractivity contribution in [2.24, 2.45) is 0 Å². The molecule has 6 heteroatoms. The van der Waals surface area contributed by atoms with E-state index in [2.05, 4.69) is 10.6 Å². The molecule has 0 radical (unpaired) electrons. The number of carbonyl (C=O) groups excluding carboxylic acids is 3. The Hall–Kier alpha value is -2.37. The number of carbonyl (C=O) groups is 3. The van der Waals surface area contributed by atoms with Crippen LogP contribution < -0.4 is 15.5 Å². The zero-order chi connectivity index (χ0) is 16.5. The lowest BCUT2D eigenvalue weighted by atomic mass is 10.1. The monoisotopic (exact) mass is 303 g/mol. The Labute approximate surface area is 129 Å². The SMILES string of the molecule is CC(=O)N1c2ccccc2C(=O)NCC1C(=O)NC(C)(C)C. The molecule has 0 bridgehead atoms. The smallest absolute Gasteiger partial charge is 0.253 e. The summed E-state index contributed by atoms with van der Waals surface area (Å²) < 4.78 is 0. The minimum absolute atomic E-state index is 0.0784. The maximum atomic E-state index is 12.5. The van der Waals surface area contributed by atoms with Crippen LogP contribution in [-0.4, -0.2) is 35.8 Å². The van der Waals surface area contributed by atoms with Crippen molar-refractivity contribution in [2.45, 2.75) is 39.3 Å². The number of amides is 3. The van der Waals surface area contributed by atoms with Crippen molar-refractivity contribution in [1.29, 1.82) is 0 Å². The van der Waals surface area contributed by atoms with Gasteiger partial charge < -0.3 is 10.6 Å². The van der Waals surface area contributed by atoms with E-state index in [1.165, 1.54) is 11.8 Å². The van der Waals surface area contributed by atoms with Gasteiger partial charge in [0.25, 0.3) is 5.91 Å². The van der Waals surface area contributed by atoms with E-state index in [9.17, 15) is 14.4 Å². The van der Waals surface area contributed by atoms with Crippen molar-refractivity contribution < 1.29 is 14.4 Å². The molecule has 3 amide bonds. The Balaban J connectivity index is 2.45. The molecule has 0 aromatic heterocycles. The molecule has 2 rings (SSSR count). The summed E-state index contributed by atoms with van der Waals surface area (Å²) in [5.41, 5.74) is 0.429. The average molecular weight is 303 g/mol. The van der Waals surface area contributed by atoms with Gasteiger partial charge in [0.05, 0.1) is 11.3 Å². The first-order chi connectivity index (χ1) is 10.2. The molecule has 6 nitrogen and oxygen atoms in total. The Morgan fingerprint density at radius 2 is 1.91 bits per heavy atom. The largest absolute Gasteiger partial charge is 0.350 e. The highest BCUT2D eigenvalue weighted by Crippen LogP contribution is 2.25. The predicted octanol–water partition coefficient (Wildman–Crippen LogP) is 1.07. The molecule has 1 unspecified atom stereocenters. The second-order valence-electron chi connectivity index (χ2n) is 6.37.